The molecule has 0 saturated carbocycles. The van der Waals surface area contributed by atoms with Crippen molar-refractivity contribution in [2.45, 2.75) is 39.7 Å². The summed E-state index contributed by atoms with van der Waals surface area (Å²) in [6.45, 7) is 7.99. The van der Waals surface area contributed by atoms with E-state index in [9.17, 15) is 5.11 Å². The predicted molar refractivity (Wildman–Crippen MR) is 76.0 cm³/mol. The molecule has 0 fully saturated rings. The van der Waals surface area contributed by atoms with Crippen LogP contribution in [0.1, 0.15) is 34.3 Å². The van der Waals surface area contributed by atoms with Crippen molar-refractivity contribution in [3.63, 3.8) is 0 Å². The van der Waals surface area contributed by atoms with Gasteiger partial charge in [-0.2, -0.15) is 0 Å². The Bertz CT molecular complexity index is 557. The van der Waals surface area contributed by atoms with E-state index in [2.05, 4.69) is 31.0 Å². The molecule has 2 rings (SSSR count). The SMILES string of the molecule is Cc1nc(CC(C)(O)c2ccc(C)c(C)c2)cs1. The molecule has 18 heavy (non-hydrogen) atoms. The van der Waals surface area contributed by atoms with Crippen LogP contribution < -0.4 is 0 Å². The van der Waals surface area contributed by atoms with E-state index < -0.39 is 5.60 Å². The minimum Gasteiger partial charge on any atom is -0.385 e. The van der Waals surface area contributed by atoms with Gasteiger partial charge in [-0.3, -0.25) is 0 Å². The summed E-state index contributed by atoms with van der Waals surface area (Å²) in [6, 6.07) is 6.13. The van der Waals surface area contributed by atoms with Crippen LogP contribution in [0.5, 0.6) is 0 Å². The van der Waals surface area contributed by atoms with Gasteiger partial charge in [0.2, 0.25) is 0 Å². The van der Waals surface area contributed by atoms with Crippen molar-refractivity contribution in [1.29, 1.82) is 0 Å². The van der Waals surface area contributed by atoms with E-state index in [1.165, 1.54) is 11.1 Å². The fourth-order valence-corrected chi connectivity index (χ4v) is 2.63. The van der Waals surface area contributed by atoms with E-state index in [4.69, 9.17) is 0 Å². The maximum absolute atomic E-state index is 10.6. The van der Waals surface area contributed by atoms with Crippen LogP contribution in [0.3, 0.4) is 0 Å². The minimum atomic E-state index is -0.862. The number of thiazole rings is 1. The Morgan fingerprint density at radius 1 is 1.22 bits per heavy atom. The molecule has 1 N–H and O–H groups in total. The van der Waals surface area contributed by atoms with Gasteiger partial charge in [-0.1, -0.05) is 18.2 Å². The number of aromatic nitrogens is 1. The molecule has 0 aliphatic rings. The number of rotatable bonds is 3. The normalized spacial score (nSPS) is 14.5. The molecule has 2 nitrogen and oxygen atoms in total. The van der Waals surface area contributed by atoms with E-state index in [0.717, 1.165) is 16.3 Å². The van der Waals surface area contributed by atoms with Gasteiger partial charge in [-0.15, -0.1) is 11.3 Å². The number of aryl methyl sites for hydroxylation is 3. The standard InChI is InChI=1S/C15H19NOS/c1-10-5-6-13(7-11(10)2)15(4,17)8-14-9-18-12(3)16-14/h5-7,9,17H,8H2,1-4H3. The smallest absolute Gasteiger partial charge is 0.0924 e. The summed E-state index contributed by atoms with van der Waals surface area (Å²) in [5.41, 5.74) is 3.51. The number of benzene rings is 1. The minimum absolute atomic E-state index is 0.555. The van der Waals surface area contributed by atoms with Gasteiger partial charge in [0, 0.05) is 11.8 Å². The Labute approximate surface area is 112 Å². The third-order valence-corrected chi connectivity index (χ3v) is 4.14. The summed E-state index contributed by atoms with van der Waals surface area (Å²) in [5.74, 6) is 0. The van der Waals surface area contributed by atoms with Crippen molar-refractivity contribution in [2.75, 3.05) is 0 Å². The maximum Gasteiger partial charge on any atom is 0.0924 e. The molecular formula is C15H19NOS. The Hall–Kier alpha value is -1.19. The average Bonchev–Trinajstić information content (AvgIpc) is 2.67. The molecule has 2 aromatic rings. The highest BCUT2D eigenvalue weighted by atomic mass is 32.1. The van der Waals surface area contributed by atoms with Crippen LogP contribution in [0.15, 0.2) is 23.6 Å². The van der Waals surface area contributed by atoms with Crippen LogP contribution >= 0.6 is 11.3 Å². The summed E-state index contributed by atoms with van der Waals surface area (Å²) in [7, 11) is 0. The van der Waals surface area contributed by atoms with Crippen molar-refractivity contribution in [3.05, 3.63) is 51.0 Å². The molecule has 0 spiro atoms. The highest BCUT2D eigenvalue weighted by molar-refractivity contribution is 7.09. The van der Waals surface area contributed by atoms with Crippen LogP contribution in [-0.2, 0) is 12.0 Å². The van der Waals surface area contributed by atoms with Gasteiger partial charge in [-0.05, 0) is 44.4 Å². The van der Waals surface area contributed by atoms with Gasteiger partial charge in [-0.25, -0.2) is 4.98 Å². The summed E-state index contributed by atoms with van der Waals surface area (Å²) < 4.78 is 0. The topological polar surface area (TPSA) is 33.1 Å². The van der Waals surface area contributed by atoms with E-state index in [-0.39, 0.29) is 0 Å². The van der Waals surface area contributed by atoms with Gasteiger partial charge < -0.3 is 5.11 Å². The van der Waals surface area contributed by atoms with Crippen LogP contribution in [0.25, 0.3) is 0 Å². The fraction of sp³-hybridized carbons (Fsp3) is 0.400. The summed E-state index contributed by atoms with van der Waals surface area (Å²) in [5, 5.41) is 13.7. The Morgan fingerprint density at radius 2 is 1.94 bits per heavy atom. The zero-order valence-corrected chi connectivity index (χ0v) is 12.1. The lowest BCUT2D eigenvalue weighted by Gasteiger charge is -2.23. The molecule has 0 bridgehead atoms. The zero-order chi connectivity index (χ0) is 13.3. The molecule has 0 amide bonds. The van der Waals surface area contributed by atoms with E-state index in [1.807, 2.05) is 25.3 Å². The summed E-state index contributed by atoms with van der Waals surface area (Å²) >= 11 is 1.62. The van der Waals surface area contributed by atoms with Crippen LogP contribution in [0.4, 0.5) is 0 Å². The second-order valence-corrected chi connectivity index (χ2v) is 6.17. The predicted octanol–water partition coefficient (Wildman–Crippen LogP) is 3.52. The first-order chi connectivity index (χ1) is 8.38. The lowest BCUT2D eigenvalue weighted by Crippen LogP contribution is -2.24. The number of hydrogen-bond donors (Lipinski definition) is 1. The van der Waals surface area contributed by atoms with E-state index in [0.29, 0.717) is 6.42 Å². The first-order valence-corrected chi connectivity index (χ1v) is 6.97. The molecule has 1 unspecified atom stereocenters. The third-order valence-electron chi connectivity index (χ3n) is 3.32. The number of hydrogen-bond acceptors (Lipinski definition) is 3. The lowest BCUT2D eigenvalue weighted by molar-refractivity contribution is 0.0566. The first-order valence-electron chi connectivity index (χ1n) is 6.09. The fourth-order valence-electron chi connectivity index (χ4n) is 2.02. The summed E-state index contributed by atoms with van der Waals surface area (Å²) in [4.78, 5) is 4.42. The van der Waals surface area contributed by atoms with Gasteiger partial charge in [0.1, 0.15) is 0 Å². The Morgan fingerprint density at radius 3 is 2.50 bits per heavy atom. The summed E-state index contributed by atoms with van der Waals surface area (Å²) in [6.07, 6.45) is 0.555. The van der Waals surface area contributed by atoms with Gasteiger partial charge >= 0.3 is 0 Å². The van der Waals surface area contributed by atoms with Crippen LogP contribution in [0.2, 0.25) is 0 Å². The monoisotopic (exact) mass is 261 g/mol. The van der Waals surface area contributed by atoms with E-state index >= 15 is 0 Å². The van der Waals surface area contributed by atoms with Gasteiger partial charge in [0.05, 0.1) is 16.3 Å². The molecule has 0 aliphatic heterocycles. The van der Waals surface area contributed by atoms with Crippen LogP contribution in [0, 0.1) is 20.8 Å². The third kappa shape index (κ3) is 2.79. The van der Waals surface area contributed by atoms with Crippen LogP contribution in [-0.4, -0.2) is 10.1 Å². The molecule has 1 aromatic heterocycles. The second kappa shape index (κ2) is 4.82. The number of nitrogens with zero attached hydrogens (tertiary/aromatic N) is 1. The molecule has 1 atom stereocenters. The van der Waals surface area contributed by atoms with E-state index in [1.54, 1.807) is 11.3 Å². The quantitative estimate of drug-likeness (QED) is 0.917. The van der Waals surface area contributed by atoms with Gasteiger partial charge in [0.25, 0.3) is 0 Å². The van der Waals surface area contributed by atoms with Gasteiger partial charge in [0.15, 0.2) is 0 Å². The molecule has 3 heteroatoms. The molecule has 0 radical (unpaired) electrons. The Balaban J connectivity index is 2.26. The molecule has 0 aliphatic carbocycles. The maximum atomic E-state index is 10.6. The average molecular weight is 261 g/mol. The highest BCUT2D eigenvalue weighted by Gasteiger charge is 2.25. The van der Waals surface area contributed by atoms with Crippen molar-refractivity contribution in [3.8, 4) is 0 Å². The highest BCUT2D eigenvalue weighted by Crippen LogP contribution is 2.27. The molecule has 1 aromatic carbocycles. The first kappa shape index (κ1) is 13.2. The molecule has 96 valence electrons. The second-order valence-electron chi connectivity index (χ2n) is 5.11. The lowest BCUT2D eigenvalue weighted by atomic mass is 9.89. The Kier molecular flexibility index (Phi) is 3.55. The zero-order valence-electron chi connectivity index (χ0n) is 11.3. The molecule has 0 saturated heterocycles. The molecule has 1 heterocycles. The largest absolute Gasteiger partial charge is 0.385 e. The van der Waals surface area contributed by atoms with Crippen molar-refractivity contribution in [2.24, 2.45) is 0 Å². The van der Waals surface area contributed by atoms with Crippen molar-refractivity contribution >= 4 is 11.3 Å². The molecular weight excluding hydrogens is 242 g/mol. The van der Waals surface area contributed by atoms with Crippen molar-refractivity contribution in [1.82, 2.24) is 4.98 Å². The van der Waals surface area contributed by atoms with Crippen molar-refractivity contribution < 1.29 is 5.11 Å². The number of aliphatic hydroxyl groups is 1.